The summed E-state index contributed by atoms with van der Waals surface area (Å²) in [5.74, 6) is -0.470. The van der Waals surface area contributed by atoms with Crippen molar-refractivity contribution in [1.82, 2.24) is 10.3 Å². The number of aliphatic carboxylic acids is 1. The van der Waals surface area contributed by atoms with E-state index in [9.17, 15) is 9.59 Å². The molecule has 0 unspecified atom stereocenters. The molecule has 0 aliphatic heterocycles. The summed E-state index contributed by atoms with van der Waals surface area (Å²) in [5, 5.41) is 13.6. The van der Waals surface area contributed by atoms with Crippen LogP contribution in [0, 0.1) is 13.8 Å². The molecule has 0 atom stereocenters. The minimum absolute atomic E-state index is 0.0683. The number of oxazole rings is 1. The number of carbonyl (C=O) groups excluding carboxylic acids is 1. The fourth-order valence-corrected chi connectivity index (χ4v) is 1.87. The quantitative estimate of drug-likeness (QED) is 0.787. The van der Waals surface area contributed by atoms with Gasteiger partial charge >= 0.3 is 12.0 Å². The molecule has 0 radical (unpaired) electrons. The Bertz CT molecular complexity index is 694. The van der Waals surface area contributed by atoms with Crippen molar-refractivity contribution in [3.63, 3.8) is 0 Å². The van der Waals surface area contributed by atoms with Gasteiger partial charge in [0.05, 0.1) is 12.1 Å². The van der Waals surface area contributed by atoms with E-state index in [2.05, 4.69) is 15.6 Å². The Morgan fingerprint density at radius 1 is 1.32 bits per heavy atom. The second kappa shape index (κ2) is 6.75. The fraction of sp³-hybridized carbons (Fsp3) is 0.267. The smallest absolute Gasteiger partial charge is 0.319 e. The summed E-state index contributed by atoms with van der Waals surface area (Å²) in [4.78, 5) is 26.3. The van der Waals surface area contributed by atoms with Crippen LogP contribution in [0.4, 0.5) is 10.5 Å². The van der Waals surface area contributed by atoms with Gasteiger partial charge in [0.2, 0.25) is 5.89 Å². The third-order valence-electron chi connectivity index (χ3n) is 2.97. The van der Waals surface area contributed by atoms with Crippen LogP contribution in [0.3, 0.4) is 0 Å². The van der Waals surface area contributed by atoms with E-state index in [0.717, 1.165) is 16.8 Å². The van der Waals surface area contributed by atoms with E-state index in [1.807, 2.05) is 19.9 Å². The number of hydrogen-bond acceptors (Lipinski definition) is 4. The zero-order valence-corrected chi connectivity index (χ0v) is 12.3. The van der Waals surface area contributed by atoms with Gasteiger partial charge in [-0.25, -0.2) is 9.78 Å². The van der Waals surface area contributed by atoms with Gasteiger partial charge in [-0.15, -0.1) is 0 Å². The Hall–Kier alpha value is -2.83. The summed E-state index contributed by atoms with van der Waals surface area (Å²) in [5.41, 5.74) is 3.11. The molecule has 1 heterocycles. The molecule has 7 heteroatoms. The number of anilines is 1. The number of hydrogen-bond donors (Lipinski definition) is 3. The highest BCUT2D eigenvalue weighted by Crippen LogP contribution is 2.25. The van der Waals surface area contributed by atoms with Gasteiger partial charge in [0.15, 0.2) is 0 Å². The first-order valence-electron chi connectivity index (χ1n) is 6.75. The van der Waals surface area contributed by atoms with Crippen molar-refractivity contribution in [3.8, 4) is 11.5 Å². The van der Waals surface area contributed by atoms with Gasteiger partial charge < -0.3 is 20.2 Å². The number of aryl methyl sites for hydroxylation is 2. The summed E-state index contributed by atoms with van der Waals surface area (Å²) in [7, 11) is 0. The van der Waals surface area contributed by atoms with Crippen molar-refractivity contribution in [2.75, 3.05) is 11.9 Å². The van der Waals surface area contributed by atoms with Crippen LogP contribution in [0.2, 0.25) is 0 Å². The van der Waals surface area contributed by atoms with Gasteiger partial charge in [0, 0.05) is 17.8 Å². The second-order valence-electron chi connectivity index (χ2n) is 4.85. The number of carboxylic acid groups (broad SMARTS) is 1. The molecule has 0 aliphatic carbocycles. The van der Waals surface area contributed by atoms with Crippen LogP contribution in [-0.4, -0.2) is 28.6 Å². The van der Waals surface area contributed by atoms with Crippen LogP contribution in [0.15, 0.2) is 28.9 Å². The first kappa shape index (κ1) is 15.6. The maximum atomic E-state index is 11.7. The predicted molar refractivity (Wildman–Crippen MR) is 80.7 cm³/mol. The van der Waals surface area contributed by atoms with Gasteiger partial charge in [-0.3, -0.25) is 4.79 Å². The number of rotatable bonds is 5. The first-order valence-corrected chi connectivity index (χ1v) is 6.75. The van der Waals surface area contributed by atoms with Crippen molar-refractivity contribution in [2.24, 2.45) is 0 Å². The van der Waals surface area contributed by atoms with Crippen LogP contribution in [-0.2, 0) is 4.79 Å². The van der Waals surface area contributed by atoms with E-state index in [-0.39, 0.29) is 13.0 Å². The maximum Gasteiger partial charge on any atom is 0.319 e. The van der Waals surface area contributed by atoms with E-state index < -0.39 is 12.0 Å². The predicted octanol–water partition coefficient (Wildman–Crippen LogP) is 2.55. The average Bonchev–Trinajstić information content (AvgIpc) is 2.87. The van der Waals surface area contributed by atoms with Crippen LogP contribution in [0.1, 0.15) is 17.7 Å². The Balaban J connectivity index is 2.06. The second-order valence-corrected chi connectivity index (χ2v) is 4.85. The minimum Gasteiger partial charge on any atom is -0.481 e. The van der Waals surface area contributed by atoms with Crippen molar-refractivity contribution in [1.29, 1.82) is 0 Å². The average molecular weight is 303 g/mol. The van der Waals surface area contributed by atoms with Crippen molar-refractivity contribution in [3.05, 3.63) is 35.7 Å². The Labute approximate surface area is 127 Å². The van der Waals surface area contributed by atoms with Crippen molar-refractivity contribution >= 4 is 17.7 Å². The van der Waals surface area contributed by atoms with Gasteiger partial charge in [0.25, 0.3) is 0 Å². The van der Waals surface area contributed by atoms with Crippen molar-refractivity contribution < 1.29 is 19.1 Å². The maximum absolute atomic E-state index is 11.7. The molecule has 0 saturated carbocycles. The highest BCUT2D eigenvalue weighted by Gasteiger charge is 2.10. The van der Waals surface area contributed by atoms with E-state index in [1.165, 1.54) is 0 Å². The Morgan fingerprint density at radius 3 is 2.73 bits per heavy atom. The summed E-state index contributed by atoms with van der Waals surface area (Å²) < 4.78 is 5.38. The summed E-state index contributed by atoms with van der Waals surface area (Å²) >= 11 is 0. The Kier molecular flexibility index (Phi) is 4.77. The lowest BCUT2D eigenvalue weighted by atomic mass is 10.1. The summed E-state index contributed by atoms with van der Waals surface area (Å²) in [6, 6.07) is 4.91. The lowest BCUT2D eigenvalue weighted by Gasteiger charge is -2.09. The highest BCUT2D eigenvalue weighted by molar-refractivity contribution is 5.90. The molecular formula is C15H17N3O4. The molecule has 0 spiro atoms. The number of amides is 2. The molecule has 2 aromatic rings. The fourth-order valence-electron chi connectivity index (χ4n) is 1.87. The SMILES string of the molecule is Cc1coc(-c2cc(NC(=O)NCCC(=O)O)ccc2C)n1. The number of aromatic nitrogens is 1. The molecule has 0 fully saturated rings. The summed E-state index contributed by atoms with van der Waals surface area (Å²) in [6.07, 6.45) is 1.44. The van der Waals surface area contributed by atoms with Crippen LogP contribution >= 0.6 is 0 Å². The van der Waals surface area contributed by atoms with Crippen LogP contribution in [0.25, 0.3) is 11.5 Å². The lowest BCUT2D eigenvalue weighted by Crippen LogP contribution is -2.30. The molecule has 1 aromatic heterocycles. The monoisotopic (exact) mass is 303 g/mol. The van der Waals surface area contributed by atoms with Gasteiger partial charge in [-0.2, -0.15) is 0 Å². The highest BCUT2D eigenvalue weighted by atomic mass is 16.4. The largest absolute Gasteiger partial charge is 0.481 e. The first-order chi connectivity index (χ1) is 10.5. The van der Waals surface area contributed by atoms with Crippen LogP contribution < -0.4 is 10.6 Å². The standard InChI is InChI=1S/C15H17N3O4/c1-9-3-4-11(18-15(21)16-6-5-13(19)20)7-12(9)14-17-10(2)8-22-14/h3-4,7-8H,5-6H2,1-2H3,(H,19,20)(H2,16,18,21). The van der Waals surface area contributed by atoms with Crippen LogP contribution in [0.5, 0.6) is 0 Å². The van der Waals surface area contributed by atoms with Gasteiger partial charge in [-0.05, 0) is 31.5 Å². The molecule has 116 valence electrons. The van der Waals surface area contributed by atoms with Crippen molar-refractivity contribution in [2.45, 2.75) is 20.3 Å². The Morgan fingerprint density at radius 2 is 2.09 bits per heavy atom. The molecule has 3 N–H and O–H groups in total. The molecule has 22 heavy (non-hydrogen) atoms. The summed E-state index contributed by atoms with van der Waals surface area (Å²) in [6.45, 7) is 3.82. The van der Waals surface area contributed by atoms with E-state index in [4.69, 9.17) is 9.52 Å². The molecule has 7 nitrogen and oxygen atoms in total. The molecule has 0 bridgehead atoms. The number of carboxylic acids is 1. The van der Waals surface area contributed by atoms with E-state index >= 15 is 0 Å². The molecule has 1 aromatic carbocycles. The molecule has 2 amide bonds. The number of benzene rings is 1. The van der Waals surface area contributed by atoms with Gasteiger partial charge in [0.1, 0.15) is 6.26 Å². The number of urea groups is 1. The number of carbonyl (C=O) groups is 2. The third kappa shape index (κ3) is 4.08. The topological polar surface area (TPSA) is 104 Å². The lowest BCUT2D eigenvalue weighted by molar-refractivity contribution is -0.136. The van der Waals surface area contributed by atoms with E-state index in [1.54, 1.807) is 18.4 Å². The van der Waals surface area contributed by atoms with E-state index in [0.29, 0.717) is 11.6 Å². The molecule has 2 rings (SSSR count). The molecule has 0 aliphatic rings. The molecule has 0 saturated heterocycles. The third-order valence-corrected chi connectivity index (χ3v) is 2.97. The number of nitrogens with one attached hydrogen (secondary N) is 2. The minimum atomic E-state index is -0.961. The van der Waals surface area contributed by atoms with Gasteiger partial charge in [-0.1, -0.05) is 6.07 Å². The number of nitrogens with zero attached hydrogens (tertiary/aromatic N) is 1. The zero-order valence-electron chi connectivity index (χ0n) is 12.3. The normalized spacial score (nSPS) is 10.3. The zero-order chi connectivity index (χ0) is 16.1. The molecular weight excluding hydrogens is 286 g/mol.